The predicted molar refractivity (Wildman–Crippen MR) is 82.6 cm³/mol. The smallest absolute Gasteiger partial charge is 0.0466 e. The fourth-order valence-corrected chi connectivity index (χ4v) is 2.38. The molecule has 0 fully saturated rings. The molecule has 0 saturated heterocycles. The van der Waals surface area contributed by atoms with Crippen molar-refractivity contribution in [1.29, 1.82) is 0 Å². The summed E-state index contributed by atoms with van der Waals surface area (Å²) in [5, 5.41) is 2.75. The normalized spacial score (nSPS) is 11.0. The van der Waals surface area contributed by atoms with E-state index in [0.717, 1.165) is 26.1 Å². The van der Waals surface area contributed by atoms with E-state index in [9.17, 15) is 0 Å². The zero-order valence-electron chi connectivity index (χ0n) is 11.9. The van der Waals surface area contributed by atoms with E-state index < -0.39 is 0 Å². The molecule has 0 N–H and O–H groups in total. The van der Waals surface area contributed by atoms with Crippen molar-refractivity contribution < 1.29 is 4.74 Å². The number of hydrogen-bond donors (Lipinski definition) is 0. The molecule has 0 unspecified atom stereocenters. The van der Waals surface area contributed by atoms with Gasteiger partial charge in [-0.15, -0.1) is 0 Å². The van der Waals surface area contributed by atoms with Crippen molar-refractivity contribution in [3.05, 3.63) is 48.0 Å². The second-order valence-electron chi connectivity index (χ2n) is 5.06. The first-order valence-corrected chi connectivity index (χ1v) is 7.46. The Bertz CT molecular complexity index is 485. The van der Waals surface area contributed by atoms with Crippen molar-refractivity contribution in [3.63, 3.8) is 0 Å². The molecule has 2 aromatic rings. The maximum atomic E-state index is 5.60. The largest absolute Gasteiger partial charge is 0.381 e. The Hall–Kier alpha value is -1.34. The summed E-state index contributed by atoms with van der Waals surface area (Å²) in [5.41, 5.74) is 1.46. The molecule has 0 bridgehead atoms. The first-order valence-electron chi connectivity index (χ1n) is 7.46. The van der Waals surface area contributed by atoms with Crippen molar-refractivity contribution in [2.75, 3.05) is 13.2 Å². The van der Waals surface area contributed by atoms with Crippen LogP contribution in [0.3, 0.4) is 0 Å². The van der Waals surface area contributed by atoms with Crippen LogP contribution in [0.25, 0.3) is 10.8 Å². The third kappa shape index (κ3) is 4.36. The van der Waals surface area contributed by atoms with E-state index in [-0.39, 0.29) is 0 Å². The van der Waals surface area contributed by atoms with Gasteiger partial charge in [0.15, 0.2) is 0 Å². The molecule has 19 heavy (non-hydrogen) atoms. The lowest BCUT2D eigenvalue weighted by atomic mass is 10.0. The highest BCUT2D eigenvalue weighted by atomic mass is 16.5. The first kappa shape index (κ1) is 14.1. The molecule has 2 rings (SSSR count). The van der Waals surface area contributed by atoms with E-state index in [0.29, 0.717) is 0 Å². The number of unbranched alkanes of at least 4 members (excludes halogenated alkanes) is 2. The highest BCUT2D eigenvalue weighted by Gasteiger charge is 2.00. The van der Waals surface area contributed by atoms with Crippen LogP contribution < -0.4 is 0 Å². The van der Waals surface area contributed by atoms with Crippen molar-refractivity contribution in [1.82, 2.24) is 0 Å². The van der Waals surface area contributed by atoms with Gasteiger partial charge in [-0.05, 0) is 42.0 Å². The standard InChI is InChI=1S/C18H24O/c1-2-3-14-19-15-7-6-10-17-12-8-11-16-9-4-5-13-18(16)17/h4-5,8-9,11-13H,2-3,6-7,10,14-15H2,1H3. The Labute approximate surface area is 116 Å². The second kappa shape index (κ2) is 7.96. The van der Waals surface area contributed by atoms with Crippen LogP contribution in [0.5, 0.6) is 0 Å². The highest BCUT2D eigenvalue weighted by molar-refractivity contribution is 5.85. The zero-order valence-corrected chi connectivity index (χ0v) is 11.9. The summed E-state index contributed by atoms with van der Waals surface area (Å²) < 4.78 is 5.60. The van der Waals surface area contributed by atoms with Crippen molar-refractivity contribution in [2.24, 2.45) is 0 Å². The quantitative estimate of drug-likeness (QED) is 0.605. The third-order valence-corrected chi connectivity index (χ3v) is 3.51. The lowest BCUT2D eigenvalue weighted by molar-refractivity contribution is 0.127. The average Bonchev–Trinajstić information content (AvgIpc) is 2.46. The van der Waals surface area contributed by atoms with Gasteiger partial charge < -0.3 is 4.74 Å². The second-order valence-corrected chi connectivity index (χ2v) is 5.06. The molecule has 1 heteroatoms. The molecule has 0 aliphatic heterocycles. The van der Waals surface area contributed by atoms with E-state index in [4.69, 9.17) is 4.74 Å². The Kier molecular flexibility index (Phi) is 5.90. The molecule has 0 atom stereocenters. The Balaban J connectivity index is 1.78. The molecule has 0 spiro atoms. The Morgan fingerprint density at radius 3 is 2.53 bits per heavy atom. The molecule has 1 nitrogen and oxygen atoms in total. The number of fused-ring (bicyclic) bond motifs is 1. The lowest BCUT2D eigenvalue weighted by Gasteiger charge is -2.07. The van der Waals surface area contributed by atoms with Crippen molar-refractivity contribution in [3.8, 4) is 0 Å². The molecular weight excluding hydrogens is 232 g/mol. The van der Waals surface area contributed by atoms with Gasteiger partial charge in [-0.3, -0.25) is 0 Å². The summed E-state index contributed by atoms with van der Waals surface area (Å²) in [5.74, 6) is 0. The minimum Gasteiger partial charge on any atom is -0.381 e. The molecule has 2 aromatic carbocycles. The monoisotopic (exact) mass is 256 g/mol. The number of hydrogen-bond acceptors (Lipinski definition) is 1. The summed E-state index contributed by atoms with van der Waals surface area (Å²) >= 11 is 0. The molecule has 0 radical (unpaired) electrons. The zero-order chi connectivity index (χ0) is 13.3. The van der Waals surface area contributed by atoms with E-state index in [2.05, 4.69) is 49.4 Å². The van der Waals surface area contributed by atoms with Gasteiger partial charge in [0.05, 0.1) is 0 Å². The third-order valence-electron chi connectivity index (χ3n) is 3.51. The minimum atomic E-state index is 0.908. The fraction of sp³-hybridized carbons (Fsp3) is 0.444. The maximum Gasteiger partial charge on any atom is 0.0466 e. The van der Waals surface area contributed by atoms with E-state index in [1.165, 1.54) is 35.6 Å². The molecular formula is C18H24O. The summed E-state index contributed by atoms with van der Waals surface area (Å²) in [7, 11) is 0. The van der Waals surface area contributed by atoms with E-state index in [1.807, 2.05) is 0 Å². The Morgan fingerprint density at radius 2 is 1.63 bits per heavy atom. The van der Waals surface area contributed by atoms with Gasteiger partial charge in [-0.2, -0.15) is 0 Å². The molecule has 0 amide bonds. The average molecular weight is 256 g/mol. The van der Waals surface area contributed by atoms with E-state index in [1.54, 1.807) is 0 Å². The molecule has 0 aliphatic carbocycles. The summed E-state index contributed by atoms with van der Waals surface area (Å²) in [4.78, 5) is 0. The van der Waals surface area contributed by atoms with Crippen LogP contribution in [-0.2, 0) is 11.2 Å². The van der Waals surface area contributed by atoms with Gasteiger partial charge in [0.25, 0.3) is 0 Å². The van der Waals surface area contributed by atoms with Gasteiger partial charge in [0.1, 0.15) is 0 Å². The van der Waals surface area contributed by atoms with Gasteiger partial charge in [0, 0.05) is 13.2 Å². The molecule has 0 aromatic heterocycles. The van der Waals surface area contributed by atoms with Gasteiger partial charge >= 0.3 is 0 Å². The number of benzene rings is 2. The number of ether oxygens (including phenoxy) is 1. The van der Waals surface area contributed by atoms with Crippen LogP contribution >= 0.6 is 0 Å². The van der Waals surface area contributed by atoms with Crippen LogP contribution in [0.4, 0.5) is 0 Å². The van der Waals surface area contributed by atoms with Crippen molar-refractivity contribution >= 4 is 10.8 Å². The lowest BCUT2D eigenvalue weighted by Crippen LogP contribution is -1.97. The highest BCUT2D eigenvalue weighted by Crippen LogP contribution is 2.20. The Morgan fingerprint density at radius 1 is 0.842 bits per heavy atom. The summed E-state index contributed by atoms with van der Waals surface area (Å²) in [6.45, 7) is 4.03. The van der Waals surface area contributed by atoms with Crippen LogP contribution in [0.15, 0.2) is 42.5 Å². The maximum absolute atomic E-state index is 5.60. The first-order chi connectivity index (χ1) is 9.42. The molecule has 0 saturated carbocycles. The molecule has 0 heterocycles. The number of rotatable bonds is 8. The SMILES string of the molecule is CCCCOCCCCc1cccc2ccccc12. The van der Waals surface area contributed by atoms with E-state index >= 15 is 0 Å². The van der Waals surface area contributed by atoms with Gasteiger partial charge in [0.2, 0.25) is 0 Å². The predicted octanol–water partition coefficient (Wildman–Crippen LogP) is 4.98. The topological polar surface area (TPSA) is 9.23 Å². The van der Waals surface area contributed by atoms with Crippen LogP contribution in [-0.4, -0.2) is 13.2 Å². The van der Waals surface area contributed by atoms with Crippen molar-refractivity contribution in [2.45, 2.75) is 39.0 Å². The number of aryl methyl sites for hydroxylation is 1. The molecule has 102 valence electrons. The summed E-state index contributed by atoms with van der Waals surface area (Å²) in [6, 6.07) is 15.2. The molecule has 0 aliphatic rings. The van der Waals surface area contributed by atoms with Crippen LogP contribution in [0, 0.1) is 0 Å². The minimum absolute atomic E-state index is 0.908. The van der Waals surface area contributed by atoms with Gasteiger partial charge in [-0.25, -0.2) is 0 Å². The van der Waals surface area contributed by atoms with Gasteiger partial charge in [-0.1, -0.05) is 55.8 Å². The van der Waals surface area contributed by atoms with Crippen LogP contribution in [0.2, 0.25) is 0 Å². The fourth-order valence-electron chi connectivity index (χ4n) is 2.38. The summed E-state index contributed by atoms with van der Waals surface area (Å²) in [6.07, 6.45) is 5.92. The van der Waals surface area contributed by atoms with Crippen LogP contribution in [0.1, 0.15) is 38.2 Å².